The number of sulfonamides is 1. The van der Waals surface area contributed by atoms with Crippen LogP contribution in [0.1, 0.15) is 6.92 Å². The Labute approximate surface area is 126 Å². The third-order valence-electron chi connectivity index (χ3n) is 3.32. The minimum atomic E-state index is -3.34. The van der Waals surface area contributed by atoms with E-state index in [0.29, 0.717) is 12.3 Å². The van der Waals surface area contributed by atoms with Crippen LogP contribution in [0, 0.1) is 0 Å². The van der Waals surface area contributed by atoms with Crippen LogP contribution in [-0.4, -0.2) is 53.6 Å². The van der Waals surface area contributed by atoms with Gasteiger partial charge in [0.1, 0.15) is 0 Å². The van der Waals surface area contributed by atoms with Crippen molar-refractivity contribution in [1.82, 2.24) is 5.32 Å². The Hall–Kier alpha value is -1.31. The molecule has 0 bridgehead atoms. The zero-order chi connectivity index (χ0) is 15.1. The Morgan fingerprint density at radius 1 is 1.24 bits per heavy atom. The number of piperazine rings is 1. The molecular weight excluding hydrogens is 290 g/mol. The lowest BCUT2D eigenvalue weighted by Gasteiger charge is -2.29. The van der Waals surface area contributed by atoms with Gasteiger partial charge < -0.3 is 15.0 Å². The van der Waals surface area contributed by atoms with Crippen molar-refractivity contribution in [1.29, 1.82) is 0 Å². The summed E-state index contributed by atoms with van der Waals surface area (Å²) < 4.78 is 31.3. The number of hydrogen-bond acceptors (Lipinski definition) is 5. The van der Waals surface area contributed by atoms with Crippen molar-refractivity contribution in [3.8, 4) is 0 Å². The summed E-state index contributed by atoms with van der Waals surface area (Å²) in [6.07, 6.45) is 0. The predicted molar refractivity (Wildman–Crippen MR) is 85.4 cm³/mol. The lowest BCUT2D eigenvalue weighted by atomic mass is 10.2. The number of rotatable bonds is 7. The van der Waals surface area contributed by atoms with E-state index in [2.05, 4.69) is 14.9 Å². The number of nitrogens with one attached hydrogen (secondary N) is 2. The molecule has 0 radical (unpaired) electrons. The van der Waals surface area contributed by atoms with E-state index in [0.717, 1.165) is 31.9 Å². The lowest BCUT2D eigenvalue weighted by molar-refractivity contribution is 0.163. The maximum Gasteiger partial charge on any atom is 0.234 e. The van der Waals surface area contributed by atoms with Crippen molar-refractivity contribution in [2.45, 2.75) is 6.92 Å². The molecule has 118 valence electrons. The SMILES string of the molecule is CCOCCS(=O)(=O)Nc1ccc(N2CCNCC2)cc1. The smallest absolute Gasteiger partial charge is 0.234 e. The molecule has 1 heterocycles. The normalized spacial score (nSPS) is 16.0. The van der Waals surface area contributed by atoms with Gasteiger partial charge in [-0.05, 0) is 31.2 Å². The fraction of sp³-hybridized carbons (Fsp3) is 0.571. The van der Waals surface area contributed by atoms with Crippen LogP contribution >= 0.6 is 0 Å². The molecule has 0 atom stereocenters. The van der Waals surface area contributed by atoms with Crippen molar-refractivity contribution in [2.75, 3.05) is 54.8 Å². The van der Waals surface area contributed by atoms with Gasteiger partial charge in [-0.1, -0.05) is 0 Å². The van der Waals surface area contributed by atoms with Crippen LogP contribution in [0.15, 0.2) is 24.3 Å². The first-order chi connectivity index (χ1) is 10.1. The molecule has 1 aromatic carbocycles. The quantitative estimate of drug-likeness (QED) is 0.731. The molecule has 1 aliphatic heterocycles. The van der Waals surface area contributed by atoms with Gasteiger partial charge in [-0.25, -0.2) is 8.42 Å². The van der Waals surface area contributed by atoms with E-state index in [1.54, 1.807) is 12.1 Å². The number of hydrogen-bond donors (Lipinski definition) is 2. The second-order valence-corrected chi connectivity index (χ2v) is 6.74. The van der Waals surface area contributed by atoms with E-state index in [4.69, 9.17) is 4.74 Å². The molecule has 1 aliphatic rings. The van der Waals surface area contributed by atoms with Crippen molar-refractivity contribution < 1.29 is 13.2 Å². The van der Waals surface area contributed by atoms with Gasteiger partial charge in [0.05, 0.1) is 12.4 Å². The van der Waals surface area contributed by atoms with Crippen LogP contribution in [0.2, 0.25) is 0 Å². The first-order valence-electron chi connectivity index (χ1n) is 7.25. The molecule has 2 rings (SSSR count). The van der Waals surface area contributed by atoms with Crippen molar-refractivity contribution in [3.63, 3.8) is 0 Å². The van der Waals surface area contributed by atoms with Crippen LogP contribution < -0.4 is 14.9 Å². The molecule has 21 heavy (non-hydrogen) atoms. The highest BCUT2D eigenvalue weighted by atomic mass is 32.2. The molecule has 2 N–H and O–H groups in total. The van der Waals surface area contributed by atoms with E-state index < -0.39 is 10.0 Å². The third-order valence-corrected chi connectivity index (χ3v) is 4.57. The molecule has 1 saturated heterocycles. The van der Waals surface area contributed by atoms with Crippen LogP contribution in [0.5, 0.6) is 0 Å². The third kappa shape index (κ3) is 5.18. The molecule has 0 aromatic heterocycles. The Balaban J connectivity index is 1.92. The van der Waals surface area contributed by atoms with E-state index >= 15 is 0 Å². The Morgan fingerprint density at radius 2 is 1.90 bits per heavy atom. The summed E-state index contributed by atoms with van der Waals surface area (Å²) in [6, 6.07) is 7.50. The van der Waals surface area contributed by atoms with Gasteiger partial charge in [-0.2, -0.15) is 0 Å². The average Bonchev–Trinajstić information content (AvgIpc) is 2.49. The van der Waals surface area contributed by atoms with Gasteiger partial charge in [0.25, 0.3) is 0 Å². The highest BCUT2D eigenvalue weighted by Crippen LogP contribution is 2.19. The molecule has 1 aromatic rings. The van der Waals surface area contributed by atoms with Crippen molar-refractivity contribution in [2.24, 2.45) is 0 Å². The van der Waals surface area contributed by atoms with E-state index in [9.17, 15) is 8.42 Å². The summed E-state index contributed by atoms with van der Waals surface area (Å²) in [7, 11) is -3.34. The number of anilines is 2. The van der Waals surface area contributed by atoms with Gasteiger partial charge in [0.15, 0.2) is 0 Å². The summed E-state index contributed by atoms with van der Waals surface area (Å²) in [5.41, 5.74) is 1.71. The second-order valence-electron chi connectivity index (χ2n) is 4.90. The van der Waals surface area contributed by atoms with Gasteiger partial charge in [0, 0.05) is 44.2 Å². The van der Waals surface area contributed by atoms with Crippen molar-refractivity contribution in [3.05, 3.63) is 24.3 Å². The first kappa shape index (κ1) is 16.1. The van der Waals surface area contributed by atoms with Gasteiger partial charge >= 0.3 is 0 Å². The maximum atomic E-state index is 11.9. The van der Waals surface area contributed by atoms with Gasteiger partial charge in [-0.15, -0.1) is 0 Å². The zero-order valence-electron chi connectivity index (χ0n) is 12.3. The molecule has 1 fully saturated rings. The van der Waals surface area contributed by atoms with Crippen LogP contribution in [0.4, 0.5) is 11.4 Å². The summed E-state index contributed by atoms with van der Waals surface area (Å²) in [5.74, 6) is -0.0274. The van der Waals surface area contributed by atoms with Crippen molar-refractivity contribution >= 4 is 21.4 Å². The fourth-order valence-electron chi connectivity index (χ4n) is 2.21. The van der Waals surface area contributed by atoms with Crippen LogP contribution in [-0.2, 0) is 14.8 Å². The summed E-state index contributed by atoms with van der Waals surface area (Å²) in [5, 5.41) is 3.31. The summed E-state index contributed by atoms with van der Waals surface area (Å²) >= 11 is 0. The summed E-state index contributed by atoms with van der Waals surface area (Å²) in [6.45, 7) is 6.48. The Kier molecular flexibility index (Phi) is 5.84. The van der Waals surface area contributed by atoms with Crippen LogP contribution in [0.3, 0.4) is 0 Å². The average molecular weight is 313 g/mol. The Bertz CT molecular complexity index is 525. The molecule has 0 spiro atoms. The number of nitrogens with zero attached hydrogens (tertiary/aromatic N) is 1. The largest absolute Gasteiger partial charge is 0.381 e. The minimum Gasteiger partial charge on any atom is -0.381 e. The van der Waals surface area contributed by atoms with Gasteiger partial charge in [-0.3, -0.25) is 4.72 Å². The molecule has 0 aliphatic carbocycles. The molecule has 0 saturated carbocycles. The highest BCUT2D eigenvalue weighted by molar-refractivity contribution is 7.92. The monoisotopic (exact) mass is 313 g/mol. The molecule has 0 unspecified atom stereocenters. The molecule has 0 amide bonds. The highest BCUT2D eigenvalue weighted by Gasteiger charge is 2.12. The standard InChI is InChI=1S/C14H23N3O3S/c1-2-20-11-12-21(18,19)16-13-3-5-14(6-4-13)17-9-7-15-8-10-17/h3-6,15-16H,2,7-12H2,1H3. The maximum absolute atomic E-state index is 11.9. The van der Waals surface area contributed by atoms with E-state index in [1.807, 2.05) is 19.1 Å². The topological polar surface area (TPSA) is 70.7 Å². The van der Waals surface area contributed by atoms with Gasteiger partial charge in [0.2, 0.25) is 10.0 Å². The van der Waals surface area contributed by atoms with E-state index in [1.165, 1.54) is 0 Å². The molecule has 7 heteroatoms. The van der Waals surface area contributed by atoms with Crippen LogP contribution in [0.25, 0.3) is 0 Å². The number of ether oxygens (including phenoxy) is 1. The van der Waals surface area contributed by atoms with E-state index in [-0.39, 0.29) is 12.4 Å². The minimum absolute atomic E-state index is 0.0274. The predicted octanol–water partition coefficient (Wildman–Crippen LogP) is 0.874. The number of benzene rings is 1. The molecular formula is C14H23N3O3S. The first-order valence-corrected chi connectivity index (χ1v) is 8.90. The lowest BCUT2D eigenvalue weighted by Crippen LogP contribution is -2.43. The fourth-order valence-corrected chi connectivity index (χ4v) is 3.14. The molecule has 6 nitrogen and oxygen atoms in total. The summed E-state index contributed by atoms with van der Waals surface area (Å²) in [4.78, 5) is 2.28. The second kappa shape index (κ2) is 7.63. The Morgan fingerprint density at radius 3 is 2.52 bits per heavy atom. The zero-order valence-corrected chi connectivity index (χ0v) is 13.2.